The lowest BCUT2D eigenvalue weighted by Crippen LogP contribution is -2.16. The van der Waals surface area contributed by atoms with Gasteiger partial charge < -0.3 is 5.32 Å². The minimum absolute atomic E-state index is 0.169. The number of hydrogen-bond acceptors (Lipinski definition) is 2. The topological polar surface area (TPSA) is 42.0 Å². The van der Waals surface area contributed by atoms with Gasteiger partial charge in [-0.15, -0.1) is 0 Å². The van der Waals surface area contributed by atoms with Gasteiger partial charge in [-0.05, 0) is 30.5 Å². The Hall–Kier alpha value is -2.68. The van der Waals surface area contributed by atoms with Gasteiger partial charge in [-0.25, -0.2) is 4.98 Å². The number of pyridine rings is 1. The van der Waals surface area contributed by atoms with E-state index in [1.54, 1.807) is 6.07 Å². The molecule has 3 rings (SSSR count). The second kappa shape index (κ2) is 4.53. The first kappa shape index (κ1) is 11.4. The molecule has 0 radical (unpaired) electrons. The van der Waals surface area contributed by atoms with E-state index >= 15 is 0 Å². The van der Waals surface area contributed by atoms with Gasteiger partial charge in [0, 0.05) is 16.3 Å². The summed E-state index contributed by atoms with van der Waals surface area (Å²) in [6, 6.07) is 15.4. The summed E-state index contributed by atoms with van der Waals surface area (Å²) in [7, 11) is 0. The first-order valence-electron chi connectivity index (χ1n) is 6.00. The highest BCUT2D eigenvalue weighted by molar-refractivity contribution is 6.08. The van der Waals surface area contributed by atoms with Crippen molar-refractivity contribution in [2.75, 3.05) is 0 Å². The van der Waals surface area contributed by atoms with Crippen molar-refractivity contribution in [1.82, 2.24) is 10.3 Å². The summed E-state index contributed by atoms with van der Waals surface area (Å²) >= 11 is 0. The lowest BCUT2D eigenvalue weighted by Gasteiger charge is -2.06. The van der Waals surface area contributed by atoms with Crippen LogP contribution in [0.3, 0.4) is 0 Å². The van der Waals surface area contributed by atoms with E-state index in [0.29, 0.717) is 5.56 Å². The summed E-state index contributed by atoms with van der Waals surface area (Å²) in [4.78, 5) is 16.6. The molecule has 1 aromatic heterocycles. The van der Waals surface area contributed by atoms with E-state index in [2.05, 4.69) is 16.9 Å². The molecule has 0 saturated heterocycles. The standard InChI is InChI=1S/C16H12N2O/c1-2-17-16(19)12-7-5-9-15-13(12)10-11-6-3-4-8-14(11)18-15/h2-10H,1H2,(H,17,19). The molecule has 3 nitrogen and oxygen atoms in total. The number of benzene rings is 2. The maximum absolute atomic E-state index is 12.0. The Morgan fingerprint density at radius 1 is 1.11 bits per heavy atom. The fraction of sp³-hybridized carbons (Fsp3) is 0. The zero-order valence-corrected chi connectivity index (χ0v) is 10.3. The Kier molecular flexibility index (Phi) is 2.72. The van der Waals surface area contributed by atoms with Crippen LogP contribution in [0.5, 0.6) is 0 Å². The highest BCUT2D eigenvalue weighted by atomic mass is 16.1. The fourth-order valence-electron chi connectivity index (χ4n) is 2.17. The molecule has 0 unspecified atom stereocenters. The van der Waals surface area contributed by atoms with Gasteiger partial charge in [0.25, 0.3) is 5.91 Å². The Bertz CT molecular complexity index is 793. The van der Waals surface area contributed by atoms with Crippen molar-refractivity contribution >= 4 is 27.7 Å². The predicted molar refractivity (Wildman–Crippen MR) is 76.9 cm³/mol. The van der Waals surface area contributed by atoms with Crippen LogP contribution in [0.4, 0.5) is 0 Å². The van der Waals surface area contributed by atoms with Crippen molar-refractivity contribution in [2.24, 2.45) is 0 Å². The van der Waals surface area contributed by atoms with Crippen molar-refractivity contribution in [3.63, 3.8) is 0 Å². The number of hydrogen-bond donors (Lipinski definition) is 1. The first-order valence-corrected chi connectivity index (χ1v) is 6.00. The molecule has 0 aliphatic heterocycles. The SMILES string of the molecule is C=CNC(=O)c1cccc2nc3ccccc3cc12. The summed E-state index contributed by atoms with van der Waals surface area (Å²) in [5, 5.41) is 4.47. The number of rotatable bonds is 2. The molecule has 0 bridgehead atoms. The van der Waals surface area contributed by atoms with Gasteiger partial charge in [-0.3, -0.25) is 4.79 Å². The van der Waals surface area contributed by atoms with Crippen molar-refractivity contribution in [3.8, 4) is 0 Å². The molecule has 0 aliphatic carbocycles. The maximum atomic E-state index is 12.0. The summed E-state index contributed by atoms with van der Waals surface area (Å²) in [6.07, 6.45) is 1.38. The summed E-state index contributed by atoms with van der Waals surface area (Å²) < 4.78 is 0. The Balaban J connectivity index is 2.32. The van der Waals surface area contributed by atoms with Crippen LogP contribution in [-0.2, 0) is 0 Å². The number of aromatic nitrogens is 1. The highest BCUT2D eigenvalue weighted by Gasteiger charge is 2.09. The average Bonchev–Trinajstić information content (AvgIpc) is 2.44. The quantitative estimate of drug-likeness (QED) is 0.707. The zero-order valence-electron chi connectivity index (χ0n) is 10.3. The molecule has 1 heterocycles. The van der Waals surface area contributed by atoms with Crippen LogP contribution >= 0.6 is 0 Å². The van der Waals surface area contributed by atoms with Crippen LogP contribution in [0.1, 0.15) is 10.4 Å². The normalized spacial score (nSPS) is 10.5. The summed E-state index contributed by atoms with van der Waals surface area (Å²) in [5.74, 6) is -0.169. The largest absolute Gasteiger partial charge is 0.329 e. The van der Waals surface area contributed by atoms with Gasteiger partial charge in [0.2, 0.25) is 0 Å². The molecule has 0 fully saturated rings. The third kappa shape index (κ3) is 1.95. The maximum Gasteiger partial charge on any atom is 0.255 e. The van der Waals surface area contributed by atoms with Crippen molar-refractivity contribution < 1.29 is 4.79 Å². The Morgan fingerprint density at radius 2 is 1.89 bits per heavy atom. The Morgan fingerprint density at radius 3 is 2.74 bits per heavy atom. The molecule has 1 amide bonds. The number of nitrogens with one attached hydrogen (secondary N) is 1. The highest BCUT2D eigenvalue weighted by Crippen LogP contribution is 2.22. The van der Waals surface area contributed by atoms with Gasteiger partial charge in [-0.2, -0.15) is 0 Å². The molecule has 0 spiro atoms. The van der Waals surface area contributed by atoms with Crippen molar-refractivity contribution in [1.29, 1.82) is 0 Å². The molecule has 3 aromatic rings. The summed E-state index contributed by atoms with van der Waals surface area (Å²) in [5.41, 5.74) is 2.35. The molecule has 0 atom stereocenters. The minimum atomic E-state index is -0.169. The number of fused-ring (bicyclic) bond motifs is 2. The van der Waals surface area contributed by atoms with E-state index in [-0.39, 0.29) is 5.91 Å². The van der Waals surface area contributed by atoms with Gasteiger partial charge >= 0.3 is 0 Å². The minimum Gasteiger partial charge on any atom is -0.329 e. The van der Waals surface area contributed by atoms with E-state index in [1.807, 2.05) is 42.5 Å². The van der Waals surface area contributed by atoms with Crippen LogP contribution in [0.15, 0.2) is 61.3 Å². The molecule has 19 heavy (non-hydrogen) atoms. The van der Waals surface area contributed by atoms with Gasteiger partial charge in [0.15, 0.2) is 0 Å². The van der Waals surface area contributed by atoms with Crippen LogP contribution in [0.2, 0.25) is 0 Å². The van der Waals surface area contributed by atoms with E-state index < -0.39 is 0 Å². The third-order valence-electron chi connectivity index (χ3n) is 3.04. The van der Waals surface area contributed by atoms with Crippen molar-refractivity contribution in [2.45, 2.75) is 0 Å². The number of carbonyl (C=O) groups is 1. The molecule has 92 valence electrons. The van der Waals surface area contributed by atoms with Crippen LogP contribution in [0, 0.1) is 0 Å². The predicted octanol–water partition coefficient (Wildman–Crippen LogP) is 3.26. The van der Waals surface area contributed by atoms with E-state index in [4.69, 9.17) is 0 Å². The smallest absolute Gasteiger partial charge is 0.255 e. The number of amides is 1. The Labute approximate surface area is 110 Å². The fourth-order valence-corrected chi connectivity index (χ4v) is 2.17. The monoisotopic (exact) mass is 248 g/mol. The molecule has 0 saturated carbocycles. The lowest BCUT2D eigenvalue weighted by atomic mass is 10.1. The number of para-hydroxylation sites is 1. The van der Waals surface area contributed by atoms with E-state index in [9.17, 15) is 4.79 Å². The second-order valence-corrected chi connectivity index (χ2v) is 4.23. The zero-order chi connectivity index (χ0) is 13.2. The molecular weight excluding hydrogens is 236 g/mol. The van der Waals surface area contributed by atoms with Gasteiger partial charge in [-0.1, -0.05) is 30.8 Å². The number of carbonyl (C=O) groups excluding carboxylic acids is 1. The molecule has 1 N–H and O–H groups in total. The van der Waals surface area contributed by atoms with Gasteiger partial charge in [0.1, 0.15) is 0 Å². The molecular formula is C16H12N2O. The molecule has 0 aliphatic rings. The van der Waals surface area contributed by atoms with E-state index in [1.165, 1.54) is 6.20 Å². The van der Waals surface area contributed by atoms with E-state index in [0.717, 1.165) is 21.8 Å². The molecule has 2 aromatic carbocycles. The average molecular weight is 248 g/mol. The second-order valence-electron chi connectivity index (χ2n) is 4.23. The van der Waals surface area contributed by atoms with Crippen LogP contribution in [0.25, 0.3) is 21.8 Å². The lowest BCUT2D eigenvalue weighted by molar-refractivity contribution is 0.0972. The molecule has 3 heteroatoms. The first-order chi connectivity index (χ1) is 9.29. The third-order valence-corrected chi connectivity index (χ3v) is 3.04. The number of nitrogens with zero attached hydrogens (tertiary/aromatic N) is 1. The van der Waals surface area contributed by atoms with Crippen LogP contribution < -0.4 is 5.32 Å². The van der Waals surface area contributed by atoms with Crippen LogP contribution in [-0.4, -0.2) is 10.9 Å². The van der Waals surface area contributed by atoms with Gasteiger partial charge in [0.05, 0.1) is 11.0 Å². The summed E-state index contributed by atoms with van der Waals surface area (Å²) in [6.45, 7) is 3.51. The van der Waals surface area contributed by atoms with Crippen molar-refractivity contribution in [3.05, 3.63) is 66.9 Å².